The maximum Gasteiger partial charge on any atom is 0.326 e. The third-order valence-electron chi connectivity index (χ3n) is 2.91. The van der Waals surface area contributed by atoms with Crippen molar-refractivity contribution in [2.45, 2.75) is 38.8 Å². The van der Waals surface area contributed by atoms with Crippen molar-refractivity contribution in [3.63, 3.8) is 0 Å². The second-order valence-corrected chi connectivity index (χ2v) is 4.57. The number of aromatic nitrogens is 1. The number of aliphatic carboxylic acids is 1. The number of pyridine rings is 1. The third-order valence-corrected chi connectivity index (χ3v) is 2.91. The number of amides is 2. The van der Waals surface area contributed by atoms with Crippen LogP contribution in [0, 0.1) is 0 Å². The maximum absolute atomic E-state index is 11.7. The Hall–Kier alpha value is -2.31. The van der Waals surface area contributed by atoms with E-state index in [1.165, 1.54) is 7.11 Å². The van der Waals surface area contributed by atoms with Crippen molar-refractivity contribution >= 4 is 12.0 Å². The van der Waals surface area contributed by atoms with E-state index in [0.717, 1.165) is 18.4 Å². The lowest BCUT2D eigenvalue weighted by molar-refractivity contribution is -0.139. The van der Waals surface area contributed by atoms with E-state index in [9.17, 15) is 9.59 Å². The number of rotatable bonds is 8. The zero-order valence-electron chi connectivity index (χ0n) is 12.3. The highest BCUT2D eigenvalue weighted by atomic mass is 16.5. The molecule has 0 aliphatic rings. The molecule has 1 unspecified atom stereocenters. The fourth-order valence-corrected chi connectivity index (χ4v) is 1.73. The lowest BCUT2D eigenvalue weighted by Crippen LogP contribution is -2.45. The van der Waals surface area contributed by atoms with Gasteiger partial charge >= 0.3 is 12.0 Å². The molecule has 0 bridgehead atoms. The topological polar surface area (TPSA) is 101 Å². The first-order chi connectivity index (χ1) is 10.1. The predicted octanol–water partition coefficient (Wildman–Crippen LogP) is 1.53. The van der Waals surface area contributed by atoms with Gasteiger partial charge in [-0.25, -0.2) is 14.6 Å². The number of hydrogen-bond acceptors (Lipinski definition) is 4. The molecule has 2 amide bonds. The van der Waals surface area contributed by atoms with E-state index in [4.69, 9.17) is 9.84 Å². The van der Waals surface area contributed by atoms with Crippen molar-refractivity contribution in [2.75, 3.05) is 7.11 Å². The molecule has 0 radical (unpaired) electrons. The first kappa shape index (κ1) is 16.7. The van der Waals surface area contributed by atoms with E-state index in [-0.39, 0.29) is 6.54 Å². The smallest absolute Gasteiger partial charge is 0.326 e. The van der Waals surface area contributed by atoms with E-state index in [2.05, 4.69) is 15.6 Å². The van der Waals surface area contributed by atoms with Crippen LogP contribution in [0.4, 0.5) is 4.79 Å². The summed E-state index contributed by atoms with van der Waals surface area (Å²) in [6.45, 7) is 2.24. The summed E-state index contributed by atoms with van der Waals surface area (Å²) in [5.74, 6) is -0.565. The van der Waals surface area contributed by atoms with Crippen molar-refractivity contribution in [3.8, 4) is 5.88 Å². The number of unbranched alkanes of at least 4 members (excludes halogenated alkanes) is 1. The third kappa shape index (κ3) is 6.11. The van der Waals surface area contributed by atoms with Crippen molar-refractivity contribution in [3.05, 3.63) is 23.9 Å². The Balaban J connectivity index is 2.46. The zero-order chi connectivity index (χ0) is 15.7. The molecule has 7 heteroatoms. The molecule has 0 saturated carbocycles. The minimum Gasteiger partial charge on any atom is -0.481 e. The summed E-state index contributed by atoms with van der Waals surface area (Å²) in [6.07, 6.45) is 3.63. The van der Waals surface area contributed by atoms with Gasteiger partial charge < -0.3 is 20.5 Å². The number of urea groups is 1. The second kappa shape index (κ2) is 8.78. The van der Waals surface area contributed by atoms with Crippen molar-refractivity contribution in [1.82, 2.24) is 15.6 Å². The predicted molar refractivity (Wildman–Crippen MR) is 77.1 cm³/mol. The molecular formula is C14H21N3O4. The Labute approximate surface area is 123 Å². The monoisotopic (exact) mass is 295 g/mol. The molecule has 116 valence electrons. The number of carbonyl (C=O) groups is 2. The highest BCUT2D eigenvalue weighted by Gasteiger charge is 2.18. The van der Waals surface area contributed by atoms with Gasteiger partial charge in [0.25, 0.3) is 0 Å². The van der Waals surface area contributed by atoms with E-state index in [0.29, 0.717) is 12.3 Å². The second-order valence-electron chi connectivity index (χ2n) is 4.57. The van der Waals surface area contributed by atoms with Gasteiger partial charge in [-0.1, -0.05) is 19.8 Å². The van der Waals surface area contributed by atoms with Gasteiger partial charge in [-0.3, -0.25) is 0 Å². The summed E-state index contributed by atoms with van der Waals surface area (Å²) in [4.78, 5) is 26.7. The average Bonchev–Trinajstić information content (AvgIpc) is 2.49. The van der Waals surface area contributed by atoms with Crippen LogP contribution in [-0.4, -0.2) is 35.2 Å². The number of ether oxygens (including phenoxy) is 1. The molecule has 0 spiro atoms. The summed E-state index contributed by atoms with van der Waals surface area (Å²) in [5.41, 5.74) is 0.817. The van der Waals surface area contributed by atoms with Crippen LogP contribution in [0.5, 0.6) is 5.88 Å². The van der Waals surface area contributed by atoms with Crippen LogP contribution < -0.4 is 15.4 Å². The number of hydrogen-bond donors (Lipinski definition) is 3. The van der Waals surface area contributed by atoms with E-state index in [1.54, 1.807) is 18.3 Å². The van der Waals surface area contributed by atoms with E-state index >= 15 is 0 Å². The fourth-order valence-electron chi connectivity index (χ4n) is 1.73. The minimum absolute atomic E-state index is 0.269. The van der Waals surface area contributed by atoms with E-state index in [1.807, 2.05) is 6.92 Å². The van der Waals surface area contributed by atoms with Gasteiger partial charge in [-0.15, -0.1) is 0 Å². The Bertz CT molecular complexity index is 479. The molecule has 1 aromatic heterocycles. The molecule has 1 rings (SSSR count). The molecule has 0 saturated heterocycles. The summed E-state index contributed by atoms with van der Waals surface area (Å²) in [7, 11) is 1.51. The van der Waals surface area contributed by atoms with Crippen LogP contribution in [-0.2, 0) is 11.3 Å². The number of methoxy groups -OCH3 is 1. The van der Waals surface area contributed by atoms with Gasteiger partial charge in [0.2, 0.25) is 5.88 Å². The first-order valence-electron chi connectivity index (χ1n) is 6.83. The fraction of sp³-hybridized carbons (Fsp3) is 0.500. The Morgan fingerprint density at radius 1 is 1.48 bits per heavy atom. The van der Waals surface area contributed by atoms with Gasteiger partial charge in [0.1, 0.15) is 6.04 Å². The summed E-state index contributed by atoms with van der Waals surface area (Å²) in [5, 5.41) is 14.1. The van der Waals surface area contributed by atoms with Crippen LogP contribution in [0.25, 0.3) is 0 Å². The lowest BCUT2D eigenvalue weighted by Gasteiger charge is -2.14. The van der Waals surface area contributed by atoms with Crippen LogP contribution in [0.15, 0.2) is 18.3 Å². The summed E-state index contributed by atoms with van der Waals surface area (Å²) < 4.78 is 4.98. The van der Waals surface area contributed by atoms with Gasteiger partial charge in [-0.2, -0.15) is 0 Å². The quantitative estimate of drug-likeness (QED) is 0.675. The molecule has 0 aliphatic heterocycles. The average molecular weight is 295 g/mol. The molecule has 0 aromatic carbocycles. The molecule has 1 heterocycles. The minimum atomic E-state index is -1.02. The number of carboxylic acid groups (broad SMARTS) is 1. The summed E-state index contributed by atoms with van der Waals surface area (Å²) in [6, 6.07) is 2.08. The molecule has 0 aliphatic carbocycles. The molecular weight excluding hydrogens is 274 g/mol. The van der Waals surface area contributed by atoms with Crippen molar-refractivity contribution < 1.29 is 19.4 Å². The Morgan fingerprint density at radius 2 is 2.24 bits per heavy atom. The number of nitrogens with one attached hydrogen (secondary N) is 2. The molecule has 21 heavy (non-hydrogen) atoms. The van der Waals surface area contributed by atoms with Crippen molar-refractivity contribution in [2.24, 2.45) is 0 Å². The molecule has 3 N–H and O–H groups in total. The van der Waals surface area contributed by atoms with Crippen LogP contribution in [0.1, 0.15) is 31.7 Å². The Morgan fingerprint density at radius 3 is 2.86 bits per heavy atom. The van der Waals surface area contributed by atoms with Crippen LogP contribution >= 0.6 is 0 Å². The molecule has 0 fully saturated rings. The number of carbonyl (C=O) groups excluding carboxylic acids is 1. The van der Waals surface area contributed by atoms with Crippen molar-refractivity contribution in [1.29, 1.82) is 0 Å². The zero-order valence-corrected chi connectivity index (χ0v) is 12.3. The normalized spacial score (nSPS) is 11.5. The standard InChI is InChI=1S/C14H21N3O4/c1-3-4-5-11(13(18)19)17-14(20)16-9-10-6-7-15-12(8-10)21-2/h6-8,11H,3-5,9H2,1-2H3,(H,18,19)(H2,16,17,20). The van der Waals surface area contributed by atoms with Gasteiger partial charge in [0, 0.05) is 18.8 Å². The van der Waals surface area contributed by atoms with Gasteiger partial charge in [0.05, 0.1) is 7.11 Å². The Kier molecular flexibility index (Phi) is 7.00. The number of carboxylic acids is 1. The van der Waals surface area contributed by atoms with Gasteiger partial charge in [0.15, 0.2) is 0 Å². The SMILES string of the molecule is CCCCC(NC(=O)NCc1ccnc(OC)c1)C(=O)O. The molecule has 1 aromatic rings. The van der Waals surface area contributed by atoms with Gasteiger partial charge in [-0.05, 0) is 18.1 Å². The number of nitrogens with zero attached hydrogens (tertiary/aromatic N) is 1. The maximum atomic E-state index is 11.7. The molecule has 7 nitrogen and oxygen atoms in total. The van der Waals surface area contributed by atoms with Crippen LogP contribution in [0.3, 0.4) is 0 Å². The van der Waals surface area contributed by atoms with E-state index < -0.39 is 18.0 Å². The lowest BCUT2D eigenvalue weighted by atomic mass is 10.1. The highest BCUT2D eigenvalue weighted by Crippen LogP contribution is 2.08. The largest absolute Gasteiger partial charge is 0.481 e. The first-order valence-corrected chi connectivity index (χ1v) is 6.83. The summed E-state index contributed by atoms with van der Waals surface area (Å²) >= 11 is 0. The highest BCUT2D eigenvalue weighted by molar-refractivity contribution is 5.82. The van der Waals surface area contributed by atoms with Crippen LogP contribution in [0.2, 0.25) is 0 Å². The molecule has 1 atom stereocenters.